The van der Waals surface area contributed by atoms with Crippen LogP contribution in [-0.4, -0.2) is 16.1 Å². The summed E-state index contributed by atoms with van der Waals surface area (Å²) in [5.74, 6) is -0.169. The minimum absolute atomic E-state index is 0.169. The van der Waals surface area contributed by atoms with Crippen LogP contribution in [0.15, 0.2) is 48.5 Å². The number of carbonyl (C=O) groups is 1. The number of benzene rings is 2. The number of halogens is 1. The summed E-state index contributed by atoms with van der Waals surface area (Å²) >= 11 is 3.51. The highest BCUT2D eigenvalue weighted by atomic mass is 127. The quantitative estimate of drug-likeness (QED) is 0.640. The largest absolute Gasteiger partial charge is 0.296 e. The van der Waals surface area contributed by atoms with E-state index in [2.05, 4.69) is 38.1 Å². The van der Waals surface area contributed by atoms with Gasteiger partial charge in [0.15, 0.2) is 0 Å². The Morgan fingerprint density at radius 3 is 2.73 bits per heavy atom. The van der Waals surface area contributed by atoms with Crippen molar-refractivity contribution < 1.29 is 4.79 Å². The summed E-state index contributed by atoms with van der Waals surface area (Å²) in [5, 5.41) is 12.3. The maximum absolute atomic E-state index is 12.3. The number of carbonyl (C=O) groups excluding carboxylic acids is 1. The fraction of sp³-hybridized carbons (Fsp3) is 0.0625. The van der Waals surface area contributed by atoms with Gasteiger partial charge in [0.1, 0.15) is 5.01 Å². The smallest absolute Gasteiger partial charge is 0.258 e. The third-order valence-corrected chi connectivity index (χ3v) is 4.86. The Balaban J connectivity index is 1.80. The summed E-state index contributed by atoms with van der Waals surface area (Å²) in [6.45, 7) is 2.03. The van der Waals surface area contributed by atoms with Gasteiger partial charge in [-0.25, -0.2) is 0 Å². The second-order valence-corrected chi connectivity index (χ2v) is 6.86. The molecule has 6 heteroatoms. The van der Waals surface area contributed by atoms with Crippen LogP contribution in [0.1, 0.15) is 15.9 Å². The molecule has 1 heterocycles. The van der Waals surface area contributed by atoms with Crippen molar-refractivity contribution in [1.82, 2.24) is 10.2 Å². The van der Waals surface area contributed by atoms with Crippen molar-refractivity contribution in [2.45, 2.75) is 6.92 Å². The van der Waals surface area contributed by atoms with Gasteiger partial charge in [-0.3, -0.25) is 10.1 Å². The first-order chi connectivity index (χ1) is 10.6. The van der Waals surface area contributed by atoms with Crippen LogP contribution in [0.4, 0.5) is 5.13 Å². The summed E-state index contributed by atoms with van der Waals surface area (Å²) in [7, 11) is 0. The zero-order valence-electron chi connectivity index (χ0n) is 11.7. The number of nitrogens with one attached hydrogen (secondary N) is 1. The summed E-state index contributed by atoms with van der Waals surface area (Å²) in [6.07, 6.45) is 0. The molecule has 0 unspecified atom stereocenters. The van der Waals surface area contributed by atoms with Gasteiger partial charge in [0, 0.05) is 9.13 Å². The van der Waals surface area contributed by atoms with E-state index in [0.717, 1.165) is 19.7 Å². The summed E-state index contributed by atoms with van der Waals surface area (Å²) < 4.78 is 0.904. The standard InChI is InChI=1S/C16H12IN3OS/c1-10-5-4-6-11(9-10)15-19-20-16(22-15)18-14(21)12-7-2-3-8-13(12)17/h2-9H,1H3,(H,18,20,21). The van der Waals surface area contributed by atoms with E-state index < -0.39 is 0 Å². The first kappa shape index (κ1) is 15.1. The van der Waals surface area contributed by atoms with E-state index in [1.54, 1.807) is 6.07 Å². The van der Waals surface area contributed by atoms with Crippen molar-refractivity contribution in [3.8, 4) is 10.6 Å². The van der Waals surface area contributed by atoms with E-state index in [1.165, 1.54) is 11.3 Å². The van der Waals surface area contributed by atoms with Gasteiger partial charge in [0.05, 0.1) is 5.56 Å². The van der Waals surface area contributed by atoms with Crippen LogP contribution < -0.4 is 5.32 Å². The molecule has 0 radical (unpaired) electrons. The van der Waals surface area contributed by atoms with Crippen molar-refractivity contribution in [2.24, 2.45) is 0 Å². The Bertz CT molecular complexity index is 832. The Morgan fingerprint density at radius 2 is 1.95 bits per heavy atom. The molecule has 1 aromatic heterocycles. The number of rotatable bonds is 3. The Hall–Kier alpha value is -1.80. The predicted octanol–water partition coefficient (Wildman–Crippen LogP) is 4.37. The second kappa shape index (κ2) is 6.53. The monoisotopic (exact) mass is 421 g/mol. The van der Waals surface area contributed by atoms with Crippen molar-refractivity contribution in [3.05, 3.63) is 63.2 Å². The summed E-state index contributed by atoms with van der Waals surface area (Å²) in [5.41, 5.74) is 2.81. The minimum Gasteiger partial charge on any atom is -0.296 e. The molecule has 0 bridgehead atoms. The molecule has 0 saturated heterocycles. The molecule has 110 valence electrons. The first-order valence-electron chi connectivity index (χ1n) is 6.60. The molecule has 3 aromatic rings. The third-order valence-electron chi connectivity index (χ3n) is 3.03. The van der Waals surface area contributed by atoms with Gasteiger partial charge in [-0.15, -0.1) is 10.2 Å². The van der Waals surface area contributed by atoms with Crippen LogP contribution in [0.2, 0.25) is 0 Å². The van der Waals surface area contributed by atoms with Gasteiger partial charge < -0.3 is 0 Å². The molecule has 0 spiro atoms. The Labute approximate surface area is 145 Å². The van der Waals surface area contributed by atoms with Crippen LogP contribution in [0, 0.1) is 10.5 Å². The van der Waals surface area contributed by atoms with Gasteiger partial charge in [-0.05, 0) is 47.7 Å². The van der Waals surface area contributed by atoms with E-state index in [1.807, 2.05) is 49.4 Å². The van der Waals surface area contributed by atoms with Crippen molar-refractivity contribution in [2.75, 3.05) is 5.32 Å². The van der Waals surface area contributed by atoms with Crippen molar-refractivity contribution in [1.29, 1.82) is 0 Å². The van der Waals surface area contributed by atoms with Crippen LogP contribution in [0.3, 0.4) is 0 Å². The van der Waals surface area contributed by atoms with Gasteiger partial charge in [-0.1, -0.05) is 47.2 Å². The molecule has 0 saturated carbocycles. The topological polar surface area (TPSA) is 54.9 Å². The van der Waals surface area contributed by atoms with Gasteiger partial charge in [-0.2, -0.15) is 0 Å². The van der Waals surface area contributed by atoms with E-state index in [-0.39, 0.29) is 5.91 Å². The van der Waals surface area contributed by atoms with Crippen LogP contribution in [-0.2, 0) is 0 Å². The van der Waals surface area contributed by atoms with E-state index >= 15 is 0 Å². The molecule has 1 amide bonds. The molecule has 22 heavy (non-hydrogen) atoms. The molecule has 3 rings (SSSR count). The van der Waals surface area contributed by atoms with Gasteiger partial charge in [0.2, 0.25) is 5.13 Å². The number of hydrogen-bond donors (Lipinski definition) is 1. The number of aryl methyl sites for hydroxylation is 1. The summed E-state index contributed by atoms with van der Waals surface area (Å²) in [4.78, 5) is 12.3. The van der Waals surface area contributed by atoms with Gasteiger partial charge in [0.25, 0.3) is 5.91 Å². The first-order valence-corrected chi connectivity index (χ1v) is 8.49. The zero-order chi connectivity index (χ0) is 15.5. The van der Waals surface area contributed by atoms with Crippen molar-refractivity contribution in [3.63, 3.8) is 0 Å². The average Bonchev–Trinajstić information content (AvgIpc) is 2.96. The highest BCUT2D eigenvalue weighted by Gasteiger charge is 2.13. The lowest BCUT2D eigenvalue weighted by molar-refractivity contribution is 0.102. The fourth-order valence-electron chi connectivity index (χ4n) is 1.98. The SMILES string of the molecule is Cc1cccc(-c2nnc(NC(=O)c3ccccc3I)s2)c1. The zero-order valence-corrected chi connectivity index (χ0v) is 14.7. The Kier molecular flexibility index (Phi) is 4.49. The van der Waals surface area contributed by atoms with Crippen LogP contribution >= 0.6 is 33.9 Å². The number of hydrogen-bond acceptors (Lipinski definition) is 4. The average molecular weight is 421 g/mol. The number of anilines is 1. The number of amides is 1. The third kappa shape index (κ3) is 3.33. The maximum atomic E-state index is 12.3. The van der Waals surface area contributed by atoms with Crippen LogP contribution in [0.25, 0.3) is 10.6 Å². The second-order valence-electron chi connectivity index (χ2n) is 4.72. The van der Waals surface area contributed by atoms with E-state index in [9.17, 15) is 4.79 Å². The predicted molar refractivity (Wildman–Crippen MR) is 97.2 cm³/mol. The normalized spacial score (nSPS) is 10.5. The molecule has 0 aliphatic carbocycles. The molecular weight excluding hydrogens is 409 g/mol. The highest BCUT2D eigenvalue weighted by molar-refractivity contribution is 14.1. The molecule has 0 aliphatic heterocycles. The lowest BCUT2D eigenvalue weighted by Gasteiger charge is -2.02. The van der Waals surface area contributed by atoms with Crippen LogP contribution in [0.5, 0.6) is 0 Å². The molecular formula is C16H12IN3OS. The van der Waals surface area contributed by atoms with E-state index in [4.69, 9.17) is 0 Å². The molecule has 0 fully saturated rings. The minimum atomic E-state index is -0.169. The number of aromatic nitrogens is 2. The van der Waals surface area contributed by atoms with Crippen molar-refractivity contribution >= 4 is 45.0 Å². The molecule has 2 aromatic carbocycles. The molecule has 0 aliphatic rings. The lowest BCUT2D eigenvalue weighted by Crippen LogP contribution is -2.13. The molecule has 1 N–H and O–H groups in total. The highest BCUT2D eigenvalue weighted by Crippen LogP contribution is 2.27. The number of nitrogens with zero attached hydrogens (tertiary/aromatic N) is 2. The summed E-state index contributed by atoms with van der Waals surface area (Å²) in [6, 6.07) is 15.5. The Morgan fingerprint density at radius 1 is 1.14 bits per heavy atom. The lowest BCUT2D eigenvalue weighted by atomic mass is 10.1. The van der Waals surface area contributed by atoms with E-state index in [0.29, 0.717) is 10.7 Å². The fourth-order valence-corrected chi connectivity index (χ4v) is 3.35. The van der Waals surface area contributed by atoms with Gasteiger partial charge >= 0.3 is 0 Å². The maximum Gasteiger partial charge on any atom is 0.258 e. The molecule has 4 nitrogen and oxygen atoms in total. The molecule has 0 atom stereocenters.